The van der Waals surface area contributed by atoms with E-state index in [0.717, 1.165) is 0 Å². The first-order valence-corrected chi connectivity index (χ1v) is 5.67. The van der Waals surface area contributed by atoms with Crippen LogP contribution >= 0.6 is 0 Å². The van der Waals surface area contributed by atoms with Crippen molar-refractivity contribution in [1.29, 1.82) is 0 Å². The number of carboxylic acid groups (broad SMARTS) is 1. The van der Waals surface area contributed by atoms with E-state index in [9.17, 15) is 9.90 Å². The van der Waals surface area contributed by atoms with Crippen LogP contribution in [0.4, 0.5) is 0 Å². The van der Waals surface area contributed by atoms with Gasteiger partial charge in [0, 0.05) is 17.1 Å². The van der Waals surface area contributed by atoms with Crippen LogP contribution in [0.5, 0.6) is 0 Å². The maximum atomic E-state index is 11.5. The average molecular weight is 254 g/mol. The zero-order valence-electron chi connectivity index (χ0n) is 10.1. The molecule has 94 valence electrons. The first-order valence-electron chi connectivity index (χ1n) is 5.67. The molecule has 0 saturated carbocycles. The Kier molecular flexibility index (Phi) is 2.49. The first-order chi connectivity index (χ1) is 9.18. The minimum atomic E-state index is -1.02. The van der Waals surface area contributed by atoms with Crippen LogP contribution < -0.4 is 0 Å². The summed E-state index contributed by atoms with van der Waals surface area (Å²) in [6.45, 7) is 1.66. The van der Waals surface area contributed by atoms with Gasteiger partial charge in [0.15, 0.2) is 5.65 Å². The molecule has 3 aromatic heterocycles. The van der Waals surface area contributed by atoms with E-state index in [1.807, 2.05) is 6.07 Å². The maximum Gasteiger partial charge on any atom is 0.338 e. The molecule has 0 amide bonds. The zero-order valence-corrected chi connectivity index (χ0v) is 10.1. The van der Waals surface area contributed by atoms with E-state index in [1.54, 1.807) is 31.5 Å². The molecule has 3 heterocycles. The van der Waals surface area contributed by atoms with Crippen LogP contribution in [0.3, 0.4) is 0 Å². The van der Waals surface area contributed by atoms with E-state index in [4.69, 9.17) is 0 Å². The average Bonchev–Trinajstić information content (AvgIpc) is 2.85. The highest BCUT2D eigenvalue weighted by atomic mass is 16.4. The van der Waals surface area contributed by atoms with Crippen molar-refractivity contribution < 1.29 is 9.90 Å². The standard InChI is InChI=1S/C13H10N4O2/c1-7-10(13(18)19)11(9-4-2-3-5-14-9)8-6-15-17-12(8)16-7/h2-6H,1H3,(H,18,19)(H,15,16,17). The molecule has 2 N–H and O–H groups in total. The van der Waals surface area contributed by atoms with Crippen molar-refractivity contribution in [2.24, 2.45) is 0 Å². The van der Waals surface area contributed by atoms with Gasteiger partial charge in [0.25, 0.3) is 0 Å². The highest BCUT2D eigenvalue weighted by Gasteiger charge is 2.21. The van der Waals surface area contributed by atoms with Gasteiger partial charge in [0.2, 0.25) is 0 Å². The van der Waals surface area contributed by atoms with Gasteiger partial charge in [-0.1, -0.05) is 6.07 Å². The summed E-state index contributed by atoms with van der Waals surface area (Å²) in [7, 11) is 0. The van der Waals surface area contributed by atoms with Crippen molar-refractivity contribution in [3.63, 3.8) is 0 Å². The molecule has 0 atom stereocenters. The van der Waals surface area contributed by atoms with E-state index in [0.29, 0.717) is 28.0 Å². The number of aromatic amines is 1. The Hall–Kier alpha value is -2.76. The van der Waals surface area contributed by atoms with Gasteiger partial charge in [-0.15, -0.1) is 0 Å². The van der Waals surface area contributed by atoms with Crippen LogP contribution in [0.2, 0.25) is 0 Å². The number of nitrogens with one attached hydrogen (secondary N) is 1. The number of nitrogens with zero attached hydrogens (tertiary/aromatic N) is 3. The summed E-state index contributed by atoms with van der Waals surface area (Å²) in [5.41, 5.74) is 2.29. The lowest BCUT2D eigenvalue weighted by atomic mass is 10.0. The molecule has 0 radical (unpaired) electrons. The van der Waals surface area contributed by atoms with Gasteiger partial charge < -0.3 is 5.11 Å². The first kappa shape index (κ1) is 11.3. The highest BCUT2D eigenvalue weighted by molar-refractivity contribution is 6.05. The van der Waals surface area contributed by atoms with Gasteiger partial charge in [-0.2, -0.15) is 5.10 Å². The van der Waals surface area contributed by atoms with Crippen molar-refractivity contribution in [3.05, 3.63) is 41.9 Å². The number of aryl methyl sites for hydroxylation is 1. The molecule has 0 aliphatic rings. The minimum Gasteiger partial charge on any atom is -0.478 e. The molecule has 19 heavy (non-hydrogen) atoms. The molecule has 0 aromatic carbocycles. The normalized spacial score (nSPS) is 10.8. The molecule has 0 saturated heterocycles. The Bertz CT molecular complexity index is 765. The molecular weight excluding hydrogens is 244 g/mol. The predicted molar refractivity (Wildman–Crippen MR) is 68.8 cm³/mol. The fourth-order valence-electron chi connectivity index (χ4n) is 2.13. The SMILES string of the molecule is Cc1nc2[nH]ncc2c(-c2ccccn2)c1C(=O)O. The number of carboxylic acids is 1. The molecule has 0 aliphatic carbocycles. The molecule has 0 aliphatic heterocycles. The number of aromatic nitrogens is 4. The van der Waals surface area contributed by atoms with Crippen LogP contribution in [-0.2, 0) is 0 Å². The van der Waals surface area contributed by atoms with Crippen LogP contribution in [0.25, 0.3) is 22.3 Å². The number of fused-ring (bicyclic) bond motifs is 1. The molecular formula is C13H10N4O2. The lowest BCUT2D eigenvalue weighted by Gasteiger charge is -2.09. The van der Waals surface area contributed by atoms with E-state index < -0.39 is 5.97 Å². The smallest absolute Gasteiger partial charge is 0.338 e. The van der Waals surface area contributed by atoms with E-state index in [1.165, 1.54) is 0 Å². The third-order valence-electron chi connectivity index (χ3n) is 2.91. The number of hydrogen-bond donors (Lipinski definition) is 2. The maximum absolute atomic E-state index is 11.5. The largest absolute Gasteiger partial charge is 0.478 e. The van der Waals surface area contributed by atoms with Gasteiger partial charge in [-0.25, -0.2) is 9.78 Å². The molecule has 3 aromatic rings. The summed E-state index contributed by atoms with van der Waals surface area (Å²) < 4.78 is 0. The van der Waals surface area contributed by atoms with E-state index in [2.05, 4.69) is 20.2 Å². The number of aromatic carboxylic acids is 1. The molecule has 0 spiro atoms. The second-order valence-corrected chi connectivity index (χ2v) is 4.10. The van der Waals surface area contributed by atoms with Gasteiger partial charge in [0.05, 0.1) is 23.1 Å². The molecule has 3 rings (SSSR count). The van der Waals surface area contributed by atoms with Crippen molar-refractivity contribution >= 4 is 17.0 Å². The topological polar surface area (TPSA) is 91.8 Å². The van der Waals surface area contributed by atoms with Gasteiger partial charge in [-0.05, 0) is 19.1 Å². The van der Waals surface area contributed by atoms with Gasteiger partial charge in [-0.3, -0.25) is 10.1 Å². The molecule has 0 unspecified atom stereocenters. The molecule has 6 heteroatoms. The number of pyridine rings is 2. The Labute approximate surface area is 108 Å². The summed E-state index contributed by atoms with van der Waals surface area (Å²) in [6.07, 6.45) is 3.20. The van der Waals surface area contributed by atoms with Crippen molar-refractivity contribution in [1.82, 2.24) is 20.2 Å². The second kappa shape index (κ2) is 4.16. The minimum absolute atomic E-state index is 0.160. The zero-order chi connectivity index (χ0) is 13.4. The summed E-state index contributed by atoms with van der Waals surface area (Å²) in [4.78, 5) is 19.9. The number of rotatable bonds is 2. The van der Waals surface area contributed by atoms with E-state index >= 15 is 0 Å². The monoisotopic (exact) mass is 254 g/mol. The van der Waals surface area contributed by atoms with Gasteiger partial charge in [0.1, 0.15) is 0 Å². The lowest BCUT2D eigenvalue weighted by molar-refractivity contribution is 0.0696. The summed E-state index contributed by atoms with van der Waals surface area (Å²) in [5.74, 6) is -1.02. The predicted octanol–water partition coefficient (Wildman–Crippen LogP) is 2.03. The summed E-state index contributed by atoms with van der Waals surface area (Å²) in [5, 5.41) is 16.7. The molecule has 6 nitrogen and oxygen atoms in total. The Morgan fingerprint density at radius 3 is 2.89 bits per heavy atom. The van der Waals surface area contributed by atoms with Crippen molar-refractivity contribution in [2.75, 3.05) is 0 Å². The fraction of sp³-hybridized carbons (Fsp3) is 0.0769. The number of H-pyrrole nitrogens is 1. The fourth-order valence-corrected chi connectivity index (χ4v) is 2.13. The summed E-state index contributed by atoms with van der Waals surface area (Å²) >= 11 is 0. The third-order valence-corrected chi connectivity index (χ3v) is 2.91. The quantitative estimate of drug-likeness (QED) is 0.730. The van der Waals surface area contributed by atoms with Crippen LogP contribution in [0, 0.1) is 6.92 Å². The van der Waals surface area contributed by atoms with Crippen LogP contribution in [0.1, 0.15) is 16.1 Å². The number of carbonyl (C=O) groups is 1. The van der Waals surface area contributed by atoms with Crippen molar-refractivity contribution in [3.8, 4) is 11.3 Å². The molecule has 0 bridgehead atoms. The lowest BCUT2D eigenvalue weighted by Crippen LogP contribution is -2.06. The van der Waals surface area contributed by atoms with Gasteiger partial charge >= 0.3 is 5.97 Å². The Morgan fingerprint density at radius 1 is 1.37 bits per heavy atom. The van der Waals surface area contributed by atoms with Crippen LogP contribution in [0.15, 0.2) is 30.6 Å². The Morgan fingerprint density at radius 2 is 2.21 bits per heavy atom. The number of hydrogen-bond acceptors (Lipinski definition) is 4. The molecule has 0 fully saturated rings. The van der Waals surface area contributed by atoms with Crippen molar-refractivity contribution in [2.45, 2.75) is 6.92 Å². The highest BCUT2D eigenvalue weighted by Crippen LogP contribution is 2.30. The second-order valence-electron chi connectivity index (χ2n) is 4.10. The van der Waals surface area contributed by atoms with E-state index in [-0.39, 0.29) is 5.56 Å². The Balaban J connectivity index is 2.46. The van der Waals surface area contributed by atoms with Crippen LogP contribution in [-0.4, -0.2) is 31.2 Å². The summed E-state index contributed by atoms with van der Waals surface area (Å²) in [6, 6.07) is 5.37. The third kappa shape index (κ3) is 1.74.